The quantitative estimate of drug-likeness (QED) is 0.841. The molecule has 26 heavy (non-hydrogen) atoms. The molecule has 146 valence electrons. The molecule has 0 radical (unpaired) electrons. The van der Waals surface area contributed by atoms with Gasteiger partial charge in [-0.2, -0.15) is 0 Å². The predicted octanol–water partition coefficient (Wildman–Crippen LogP) is 2.02. The molecule has 1 atom stereocenters. The smallest absolute Gasteiger partial charge is 0.192 e. The Bertz CT molecular complexity index is 715. The van der Waals surface area contributed by atoms with E-state index in [9.17, 15) is 8.42 Å². The van der Waals surface area contributed by atoms with Crippen molar-refractivity contribution in [1.29, 1.82) is 0 Å². The highest BCUT2D eigenvalue weighted by Gasteiger charge is 2.30. The SMILES string of the molecule is Cc1nc(S(C)(=O)=O)ccc1OCC1CCC(N2CCNC[C@@H]2C)CC1. The van der Waals surface area contributed by atoms with Gasteiger partial charge in [-0.15, -0.1) is 0 Å². The standard InChI is InChI=1S/C19H31N3O3S/c1-14-12-20-10-11-22(14)17-6-4-16(5-7-17)13-25-18-8-9-19(21-15(18)2)26(3,23)24/h8-9,14,16-17,20H,4-7,10-13H2,1-3H3/t14-,16?,17?/m0/s1. The molecule has 1 aliphatic heterocycles. The molecule has 1 aliphatic carbocycles. The van der Waals surface area contributed by atoms with Crippen LogP contribution in [0.15, 0.2) is 17.2 Å². The van der Waals surface area contributed by atoms with Gasteiger partial charge in [0.15, 0.2) is 14.9 Å². The Morgan fingerprint density at radius 2 is 2.00 bits per heavy atom. The van der Waals surface area contributed by atoms with Crippen molar-refractivity contribution in [3.8, 4) is 5.75 Å². The van der Waals surface area contributed by atoms with E-state index in [4.69, 9.17) is 4.74 Å². The largest absolute Gasteiger partial charge is 0.491 e. The average Bonchev–Trinajstić information content (AvgIpc) is 2.61. The number of ether oxygens (including phenoxy) is 1. The molecule has 3 rings (SSSR count). The zero-order chi connectivity index (χ0) is 18.7. The van der Waals surface area contributed by atoms with E-state index in [1.807, 2.05) is 0 Å². The molecular formula is C19H31N3O3S. The normalized spacial score (nSPS) is 28.0. The summed E-state index contributed by atoms with van der Waals surface area (Å²) in [4.78, 5) is 6.84. The van der Waals surface area contributed by atoms with Crippen LogP contribution < -0.4 is 10.1 Å². The highest BCUT2D eigenvalue weighted by atomic mass is 32.2. The molecule has 6 nitrogen and oxygen atoms in total. The summed E-state index contributed by atoms with van der Waals surface area (Å²) in [5.41, 5.74) is 0.635. The number of hydrogen-bond donors (Lipinski definition) is 1. The summed E-state index contributed by atoms with van der Waals surface area (Å²) < 4.78 is 29.1. The van der Waals surface area contributed by atoms with E-state index in [0.29, 0.717) is 36.1 Å². The lowest BCUT2D eigenvalue weighted by Crippen LogP contribution is -2.54. The van der Waals surface area contributed by atoms with Crippen LogP contribution in [0.3, 0.4) is 0 Å². The summed E-state index contributed by atoms with van der Waals surface area (Å²) in [6.07, 6.45) is 6.03. The highest BCUT2D eigenvalue weighted by molar-refractivity contribution is 7.90. The third kappa shape index (κ3) is 4.75. The Morgan fingerprint density at radius 3 is 2.62 bits per heavy atom. The van der Waals surface area contributed by atoms with Crippen molar-refractivity contribution in [3.05, 3.63) is 17.8 Å². The van der Waals surface area contributed by atoms with Crippen LogP contribution in [0.2, 0.25) is 0 Å². The Labute approximate surface area is 157 Å². The molecule has 1 aromatic heterocycles. The lowest BCUT2D eigenvalue weighted by atomic mass is 9.85. The molecular weight excluding hydrogens is 350 g/mol. The number of sulfone groups is 1. The van der Waals surface area contributed by atoms with Gasteiger partial charge < -0.3 is 10.1 Å². The van der Waals surface area contributed by atoms with Gasteiger partial charge in [0.2, 0.25) is 0 Å². The lowest BCUT2D eigenvalue weighted by molar-refractivity contribution is 0.0708. The number of aromatic nitrogens is 1. The minimum atomic E-state index is -3.27. The van der Waals surface area contributed by atoms with Gasteiger partial charge in [0.25, 0.3) is 0 Å². The second-order valence-electron chi connectivity index (χ2n) is 7.78. The van der Waals surface area contributed by atoms with E-state index in [0.717, 1.165) is 19.6 Å². The van der Waals surface area contributed by atoms with Crippen molar-refractivity contribution < 1.29 is 13.2 Å². The number of piperazine rings is 1. The van der Waals surface area contributed by atoms with Crippen LogP contribution in [-0.4, -0.2) is 62.9 Å². The Morgan fingerprint density at radius 1 is 1.27 bits per heavy atom. The summed E-state index contributed by atoms with van der Waals surface area (Å²) in [5, 5.41) is 3.57. The Balaban J connectivity index is 1.49. The van der Waals surface area contributed by atoms with Crippen LogP contribution >= 0.6 is 0 Å². The molecule has 1 saturated carbocycles. The van der Waals surface area contributed by atoms with Gasteiger partial charge in [-0.3, -0.25) is 4.90 Å². The van der Waals surface area contributed by atoms with Crippen LogP contribution in [0.25, 0.3) is 0 Å². The van der Waals surface area contributed by atoms with E-state index < -0.39 is 9.84 Å². The molecule has 0 bridgehead atoms. The zero-order valence-corrected chi connectivity index (χ0v) is 16.9. The second-order valence-corrected chi connectivity index (χ2v) is 9.74. The summed E-state index contributed by atoms with van der Waals surface area (Å²) >= 11 is 0. The average molecular weight is 382 g/mol. The number of pyridine rings is 1. The fourth-order valence-corrected chi connectivity index (χ4v) is 4.75. The van der Waals surface area contributed by atoms with Gasteiger partial charge in [0.1, 0.15) is 5.75 Å². The van der Waals surface area contributed by atoms with Crippen LogP contribution in [0.1, 0.15) is 38.3 Å². The van der Waals surface area contributed by atoms with Gasteiger partial charge in [0.05, 0.1) is 12.3 Å². The molecule has 0 aromatic carbocycles. The number of aryl methyl sites for hydroxylation is 1. The summed E-state index contributed by atoms with van der Waals surface area (Å²) in [6.45, 7) is 8.15. The second kappa shape index (κ2) is 8.23. The van der Waals surface area contributed by atoms with Gasteiger partial charge >= 0.3 is 0 Å². The van der Waals surface area contributed by atoms with Gasteiger partial charge in [-0.25, -0.2) is 13.4 Å². The first-order valence-electron chi connectivity index (χ1n) is 9.61. The van der Waals surface area contributed by atoms with Crippen molar-refractivity contribution in [1.82, 2.24) is 15.2 Å². The van der Waals surface area contributed by atoms with Gasteiger partial charge in [0, 0.05) is 38.0 Å². The first kappa shape index (κ1) is 19.6. The fourth-order valence-electron chi connectivity index (χ4n) is 4.13. The monoisotopic (exact) mass is 381 g/mol. The maximum atomic E-state index is 11.6. The third-order valence-corrected chi connectivity index (χ3v) is 6.69. The Kier molecular flexibility index (Phi) is 6.20. The molecule has 1 saturated heterocycles. The maximum absolute atomic E-state index is 11.6. The van der Waals surface area contributed by atoms with Crippen molar-refractivity contribution in [3.63, 3.8) is 0 Å². The third-order valence-electron chi connectivity index (χ3n) is 5.70. The molecule has 1 N–H and O–H groups in total. The number of hydrogen-bond acceptors (Lipinski definition) is 6. The summed E-state index contributed by atoms with van der Waals surface area (Å²) in [5.74, 6) is 1.26. The van der Waals surface area contributed by atoms with Crippen LogP contribution in [-0.2, 0) is 9.84 Å². The number of rotatable bonds is 5. The van der Waals surface area contributed by atoms with Gasteiger partial charge in [-0.05, 0) is 57.6 Å². The minimum absolute atomic E-state index is 0.105. The van der Waals surface area contributed by atoms with Crippen LogP contribution in [0, 0.1) is 12.8 Å². The van der Waals surface area contributed by atoms with E-state index in [2.05, 4.69) is 22.1 Å². The van der Waals surface area contributed by atoms with Gasteiger partial charge in [-0.1, -0.05) is 0 Å². The molecule has 0 unspecified atom stereocenters. The van der Waals surface area contributed by atoms with Crippen molar-refractivity contribution in [2.75, 3.05) is 32.5 Å². The number of nitrogens with zero attached hydrogens (tertiary/aromatic N) is 2. The maximum Gasteiger partial charge on any atom is 0.192 e. The van der Waals surface area contributed by atoms with Crippen LogP contribution in [0.5, 0.6) is 5.75 Å². The van der Waals surface area contributed by atoms with Crippen molar-refractivity contribution >= 4 is 9.84 Å². The van der Waals surface area contributed by atoms with E-state index in [-0.39, 0.29) is 5.03 Å². The fraction of sp³-hybridized carbons (Fsp3) is 0.737. The molecule has 2 fully saturated rings. The van der Waals surface area contributed by atoms with Crippen molar-refractivity contribution in [2.45, 2.75) is 56.6 Å². The van der Waals surface area contributed by atoms with Crippen LogP contribution in [0.4, 0.5) is 0 Å². The minimum Gasteiger partial charge on any atom is -0.491 e. The highest BCUT2D eigenvalue weighted by Crippen LogP contribution is 2.30. The summed E-state index contributed by atoms with van der Waals surface area (Å²) in [7, 11) is -3.27. The van der Waals surface area contributed by atoms with E-state index in [1.54, 1.807) is 13.0 Å². The van der Waals surface area contributed by atoms with Crippen molar-refractivity contribution in [2.24, 2.45) is 5.92 Å². The Hall–Kier alpha value is -1.18. The molecule has 1 aromatic rings. The first-order valence-corrected chi connectivity index (χ1v) is 11.5. The van der Waals surface area contributed by atoms with E-state index in [1.165, 1.54) is 38.0 Å². The molecule has 2 heterocycles. The zero-order valence-electron chi connectivity index (χ0n) is 16.1. The van der Waals surface area contributed by atoms with E-state index >= 15 is 0 Å². The first-order chi connectivity index (χ1) is 12.3. The molecule has 0 spiro atoms. The molecule has 0 amide bonds. The molecule has 7 heteroatoms. The number of nitrogens with one attached hydrogen (secondary N) is 1. The lowest BCUT2D eigenvalue weighted by Gasteiger charge is -2.43. The molecule has 2 aliphatic rings. The summed E-state index contributed by atoms with van der Waals surface area (Å²) in [6, 6.07) is 4.59. The topological polar surface area (TPSA) is 71.5 Å². The predicted molar refractivity (Wildman–Crippen MR) is 102 cm³/mol.